The van der Waals surface area contributed by atoms with Gasteiger partial charge in [-0.05, 0) is 36.8 Å². The summed E-state index contributed by atoms with van der Waals surface area (Å²) in [6, 6.07) is 7.34. The van der Waals surface area contributed by atoms with Gasteiger partial charge in [0.25, 0.3) is 11.8 Å². The minimum atomic E-state index is -0.0821. The van der Waals surface area contributed by atoms with Gasteiger partial charge in [0.2, 0.25) is 0 Å². The maximum atomic E-state index is 13.1. The lowest BCUT2D eigenvalue weighted by Crippen LogP contribution is -2.42. The number of unbranched alkanes of at least 4 members (excludes halogenated alkanes) is 2. The number of rotatable bonds is 13. The summed E-state index contributed by atoms with van der Waals surface area (Å²) in [7, 11) is 0. The molecule has 3 nitrogen and oxygen atoms in total. The maximum absolute atomic E-state index is 13.1. The average molecular weight is 386 g/mol. The van der Waals surface area contributed by atoms with Crippen molar-refractivity contribution < 1.29 is 9.59 Å². The largest absolute Gasteiger partial charge is 0.271 e. The molecule has 0 radical (unpaired) electrons. The van der Waals surface area contributed by atoms with Gasteiger partial charge >= 0.3 is 0 Å². The van der Waals surface area contributed by atoms with Crippen LogP contribution in [0.5, 0.6) is 0 Å². The molecule has 0 fully saturated rings. The lowest BCUT2D eigenvalue weighted by Gasteiger charge is -2.32. The van der Waals surface area contributed by atoms with Gasteiger partial charge in [0.1, 0.15) is 0 Å². The number of hydrogen-bond donors (Lipinski definition) is 0. The molecule has 2 rings (SSSR count). The van der Waals surface area contributed by atoms with Crippen LogP contribution in [0.2, 0.25) is 0 Å². The number of hydrogen-bond acceptors (Lipinski definition) is 2. The van der Waals surface area contributed by atoms with Crippen molar-refractivity contribution in [1.82, 2.24) is 4.90 Å². The summed E-state index contributed by atoms with van der Waals surface area (Å²) in [4.78, 5) is 27.9. The van der Waals surface area contributed by atoms with Gasteiger partial charge in [-0.15, -0.1) is 0 Å². The van der Waals surface area contributed by atoms with Crippen molar-refractivity contribution >= 4 is 11.8 Å². The second kappa shape index (κ2) is 11.4. The van der Waals surface area contributed by atoms with Crippen molar-refractivity contribution in [2.75, 3.05) is 0 Å². The van der Waals surface area contributed by atoms with Crippen LogP contribution in [0.3, 0.4) is 0 Å². The second-order valence-corrected chi connectivity index (χ2v) is 8.48. The zero-order valence-corrected chi connectivity index (χ0v) is 18.4. The first-order chi connectivity index (χ1) is 13.6. The number of carbonyl (C=O) groups excluding carboxylic acids is 2. The Balaban J connectivity index is 2.24. The molecule has 156 valence electrons. The van der Waals surface area contributed by atoms with Gasteiger partial charge in [-0.1, -0.05) is 91.2 Å². The Kier molecular flexibility index (Phi) is 9.21. The van der Waals surface area contributed by atoms with Crippen LogP contribution in [0.4, 0.5) is 0 Å². The third-order valence-electron chi connectivity index (χ3n) is 6.49. The van der Waals surface area contributed by atoms with Gasteiger partial charge in [-0.2, -0.15) is 0 Å². The number of amides is 2. The summed E-state index contributed by atoms with van der Waals surface area (Å²) in [5, 5.41) is 0. The highest BCUT2D eigenvalue weighted by molar-refractivity contribution is 6.21. The van der Waals surface area contributed by atoms with E-state index in [9.17, 15) is 9.59 Å². The number of carbonyl (C=O) groups is 2. The normalized spacial score (nSPS) is 16.9. The van der Waals surface area contributed by atoms with E-state index in [1.165, 1.54) is 38.5 Å². The molecule has 1 aromatic rings. The van der Waals surface area contributed by atoms with Crippen molar-refractivity contribution in [1.29, 1.82) is 0 Å². The Morgan fingerprint density at radius 1 is 0.750 bits per heavy atom. The minimum Gasteiger partial charge on any atom is -0.271 e. The summed E-state index contributed by atoms with van der Waals surface area (Å²) in [5.74, 6) is 0.999. The molecule has 0 saturated heterocycles. The van der Waals surface area contributed by atoms with Crippen molar-refractivity contribution in [3.05, 3.63) is 35.4 Å². The van der Waals surface area contributed by atoms with E-state index in [0.29, 0.717) is 23.0 Å². The molecule has 0 bridgehead atoms. The summed E-state index contributed by atoms with van der Waals surface area (Å²) in [5.41, 5.74) is 1.17. The van der Waals surface area contributed by atoms with Crippen molar-refractivity contribution in [2.45, 2.75) is 97.9 Å². The number of imide groups is 1. The van der Waals surface area contributed by atoms with E-state index in [1.807, 2.05) is 12.1 Å². The van der Waals surface area contributed by atoms with E-state index in [-0.39, 0.29) is 17.9 Å². The predicted molar refractivity (Wildman–Crippen MR) is 117 cm³/mol. The van der Waals surface area contributed by atoms with Gasteiger partial charge in [-0.25, -0.2) is 0 Å². The molecule has 2 amide bonds. The number of nitrogens with zero attached hydrogens (tertiary/aromatic N) is 1. The van der Waals surface area contributed by atoms with Crippen LogP contribution < -0.4 is 0 Å². The number of benzene rings is 1. The molecule has 0 aliphatic carbocycles. The molecule has 28 heavy (non-hydrogen) atoms. The minimum absolute atomic E-state index is 0.0241. The molecule has 1 aliphatic heterocycles. The molecule has 1 aliphatic rings. The van der Waals surface area contributed by atoms with Crippen LogP contribution in [0.25, 0.3) is 0 Å². The quantitative estimate of drug-likeness (QED) is 0.348. The molecular formula is C25H39NO2. The standard InChI is InChI=1S/C25H39NO2/c1-5-9-13-19(7-3)17-21(18-20(8-4)14-10-6-2)26-24(27)22-15-11-12-16-23(22)25(26)28/h11-12,15-16,19-21H,5-10,13-14,17-18H2,1-4H3. The summed E-state index contributed by atoms with van der Waals surface area (Å²) < 4.78 is 0. The zero-order chi connectivity index (χ0) is 20.5. The summed E-state index contributed by atoms with van der Waals surface area (Å²) in [6.45, 7) is 8.95. The van der Waals surface area contributed by atoms with Crippen molar-refractivity contribution in [3.8, 4) is 0 Å². The summed E-state index contributed by atoms with van der Waals surface area (Å²) >= 11 is 0. The van der Waals surface area contributed by atoms with E-state index in [2.05, 4.69) is 27.7 Å². The van der Waals surface area contributed by atoms with Gasteiger partial charge < -0.3 is 0 Å². The fourth-order valence-electron chi connectivity index (χ4n) is 4.58. The highest BCUT2D eigenvalue weighted by atomic mass is 16.2. The molecule has 1 aromatic carbocycles. The fraction of sp³-hybridized carbons (Fsp3) is 0.680. The molecule has 1 heterocycles. The molecule has 2 unspecified atom stereocenters. The maximum Gasteiger partial charge on any atom is 0.261 e. The van der Waals surface area contributed by atoms with Crippen LogP contribution in [0.1, 0.15) is 113 Å². The van der Waals surface area contributed by atoms with Crippen LogP contribution in [-0.2, 0) is 0 Å². The second-order valence-electron chi connectivity index (χ2n) is 8.48. The smallest absolute Gasteiger partial charge is 0.261 e. The molecule has 0 spiro atoms. The van der Waals surface area contributed by atoms with Gasteiger partial charge in [0.15, 0.2) is 0 Å². The van der Waals surface area contributed by atoms with Crippen LogP contribution in [0, 0.1) is 11.8 Å². The van der Waals surface area contributed by atoms with Crippen molar-refractivity contribution in [2.24, 2.45) is 11.8 Å². The van der Waals surface area contributed by atoms with Crippen molar-refractivity contribution in [3.63, 3.8) is 0 Å². The molecule has 0 aromatic heterocycles. The lowest BCUT2D eigenvalue weighted by atomic mass is 9.85. The topological polar surface area (TPSA) is 37.4 Å². The number of fused-ring (bicyclic) bond motifs is 1. The first-order valence-electron chi connectivity index (χ1n) is 11.5. The monoisotopic (exact) mass is 385 g/mol. The van der Waals surface area contributed by atoms with Crippen LogP contribution in [-0.4, -0.2) is 22.8 Å². The highest BCUT2D eigenvalue weighted by Gasteiger charge is 2.40. The highest BCUT2D eigenvalue weighted by Crippen LogP contribution is 2.33. The van der Waals surface area contributed by atoms with Gasteiger partial charge in [-0.3, -0.25) is 14.5 Å². The van der Waals surface area contributed by atoms with E-state index in [1.54, 1.807) is 17.0 Å². The average Bonchev–Trinajstić information content (AvgIpc) is 2.97. The molecule has 2 atom stereocenters. The molecule has 0 N–H and O–H groups in total. The molecule has 3 heteroatoms. The Morgan fingerprint density at radius 2 is 1.18 bits per heavy atom. The SMILES string of the molecule is CCCCC(CC)CC(CC(CC)CCCC)N1C(=O)c2ccccc2C1=O. The van der Waals surface area contributed by atoms with E-state index in [0.717, 1.165) is 25.7 Å². The Hall–Kier alpha value is -1.64. The Bertz CT molecular complexity index is 586. The Labute approximate surface area is 171 Å². The van der Waals surface area contributed by atoms with Gasteiger partial charge in [0, 0.05) is 6.04 Å². The Morgan fingerprint density at radius 3 is 1.54 bits per heavy atom. The third kappa shape index (κ3) is 5.46. The van der Waals surface area contributed by atoms with E-state index in [4.69, 9.17) is 0 Å². The fourth-order valence-corrected chi connectivity index (χ4v) is 4.58. The van der Waals surface area contributed by atoms with E-state index < -0.39 is 0 Å². The first kappa shape index (κ1) is 22.6. The first-order valence-corrected chi connectivity index (χ1v) is 11.5. The third-order valence-corrected chi connectivity index (χ3v) is 6.49. The zero-order valence-electron chi connectivity index (χ0n) is 18.4. The van der Waals surface area contributed by atoms with E-state index >= 15 is 0 Å². The van der Waals surface area contributed by atoms with Crippen LogP contribution >= 0.6 is 0 Å². The van der Waals surface area contributed by atoms with Gasteiger partial charge in [0.05, 0.1) is 11.1 Å². The molecule has 0 saturated carbocycles. The molecular weight excluding hydrogens is 346 g/mol. The lowest BCUT2D eigenvalue weighted by molar-refractivity contribution is 0.0528. The predicted octanol–water partition coefficient (Wildman–Crippen LogP) is 6.86. The summed E-state index contributed by atoms with van der Waals surface area (Å²) in [6.07, 6.45) is 11.4. The van der Waals surface area contributed by atoms with Crippen LogP contribution in [0.15, 0.2) is 24.3 Å².